The van der Waals surface area contributed by atoms with Crippen LogP contribution in [0.5, 0.6) is 0 Å². The van der Waals surface area contributed by atoms with Gasteiger partial charge in [-0.05, 0) is 25.7 Å². The average molecular weight is 374 g/mol. The number of fused-ring (bicyclic) bond motifs is 1. The first-order valence-corrected chi connectivity index (χ1v) is 9.92. The van der Waals surface area contributed by atoms with Crippen molar-refractivity contribution in [3.05, 3.63) is 23.0 Å². The van der Waals surface area contributed by atoms with Crippen molar-refractivity contribution in [3.8, 4) is 0 Å². The maximum Gasteiger partial charge on any atom is 0.257 e. The van der Waals surface area contributed by atoms with Crippen molar-refractivity contribution in [1.29, 1.82) is 0 Å². The summed E-state index contributed by atoms with van der Waals surface area (Å²) in [5, 5.41) is 10.7. The molecule has 6 nitrogen and oxygen atoms in total. The Kier molecular flexibility index (Phi) is 4.02. The first kappa shape index (κ1) is 16.9. The van der Waals surface area contributed by atoms with Gasteiger partial charge in [-0.1, -0.05) is 12.8 Å². The summed E-state index contributed by atoms with van der Waals surface area (Å²) in [6.07, 6.45) is 6.40. The molecule has 2 aromatic heterocycles. The number of rotatable bonds is 4. The Morgan fingerprint density at radius 2 is 1.85 bits per heavy atom. The maximum atomic E-state index is 14.0. The second-order valence-corrected chi connectivity index (χ2v) is 8.02. The molecule has 5 rings (SSSR count). The molecule has 3 aliphatic rings. The zero-order valence-electron chi connectivity index (χ0n) is 15.3. The van der Waals surface area contributed by atoms with E-state index in [1.54, 1.807) is 0 Å². The Labute approximate surface area is 156 Å². The maximum absolute atomic E-state index is 14.0. The number of alkyl halides is 2. The van der Waals surface area contributed by atoms with Gasteiger partial charge < -0.3 is 10.2 Å². The normalized spacial score (nSPS) is 21.8. The molecule has 2 aliphatic carbocycles. The van der Waals surface area contributed by atoms with E-state index >= 15 is 0 Å². The minimum absolute atomic E-state index is 0.311. The fourth-order valence-corrected chi connectivity index (χ4v) is 4.55. The topological polar surface area (TPSA) is 69.7 Å². The summed E-state index contributed by atoms with van der Waals surface area (Å²) < 4.78 is 28.1. The molecule has 0 atom stereocenters. The van der Waals surface area contributed by atoms with E-state index in [2.05, 4.69) is 30.4 Å². The molecule has 8 heteroatoms. The van der Waals surface area contributed by atoms with Crippen molar-refractivity contribution < 1.29 is 8.78 Å². The van der Waals surface area contributed by atoms with E-state index in [0.29, 0.717) is 34.8 Å². The number of halogens is 2. The third-order valence-electron chi connectivity index (χ3n) is 5.97. The fourth-order valence-electron chi connectivity index (χ4n) is 4.55. The number of aromatic nitrogens is 4. The van der Waals surface area contributed by atoms with E-state index in [-0.39, 0.29) is 12.8 Å². The summed E-state index contributed by atoms with van der Waals surface area (Å²) in [7, 11) is 0. The van der Waals surface area contributed by atoms with Gasteiger partial charge in [0.1, 0.15) is 5.82 Å². The van der Waals surface area contributed by atoms with Crippen molar-refractivity contribution in [2.24, 2.45) is 0 Å². The molecule has 2 aromatic rings. The van der Waals surface area contributed by atoms with E-state index in [1.807, 2.05) is 6.07 Å². The lowest BCUT2D eigenvalue weighted by Gasteiger charge is -2.18. The van der Waals surface area contributed by atoms with Gasteiger partial charge in [-0.25, -0.2) is 13.8 Å². The largest absolute Gasteiger partial charge is 0.341 e. The van der Waals surface area contributed by atoms with E-state index in [4.69, 9.17) is 0 Å². The lowest BCUT2D eigenvalue weighted by molar-refractivity contribution is 0.0126. The molecule has 0 amide bonds. The smallest absolute Gasteiger partial charge is 0.257 e. The van der Waals surface area contributed by atoms with Gasteiger partial charge in [-0.3, -0.25) is 5.10 Å². The molecular weight excluding hydrogens is 350 g/mol. The van der Waals surface area contributed by atoms with Crippen molar-refractivity contribution in [2.45, 2.75) is 63.2 Å². The summed E-state index contributed by atoms with van der Waals surface area (Å²) in [6.45, 7) is 1.76. The fraction of sp³-hybridized carbons (Fsp3) is 0.632. The number of H-pyrrole nitrogens is 1. The highest BCUT2D eigenvalue weighted by atomic mass is 19.3. The molecule has 0 bridgehead atoms. The van der Waals surface area contributed by atoms with Crippen LogP contribution in [0.4, 0.5) is 26.4 Å². The standard InChI is InChI=1S/C19H24F2N6/c20-19(21)10-13-15(11-19)22-18(27-7-3-4-8-27)24-17(13)23-16-9-14(25-26-16)12-5-1-2-6-12/h9,12H,1-8,10-11H2,(H2,22,23,24,25,26). The van der Waals surface area contributed by atoms with Gasteiger partial charge >= 0.3 is 0 Å². The van der Waals surface area contributed by atoms with Crippen LogP contribution in [0.3, 0.4) is 0 Å². The predicted octanol–water partition coefficient (Wildman–Crippen LogP) is 3.94. The SMILES string of the molecule is FC1(F)Cc2nc(N3CCCC3)nc(Nc3cc(C4CCCC4)[nH]n3)c2C1. The Balaban J connectivity index is 1.45. The lowest BCUT2D eigenvalue weighted by atomic mass is 10.0. The molecule has 1 saturated heterocycles. The third-order valence-corrected chi connectivity index (χ3v) is 5.97. The van der Waals surface area contributed by atoms with Crippen molar-refractivity contribution in [1.82, 2.24) is 20.2 Å². The van der Waals surface area contributed by atoms with Crippen LogP contribution in [0.25, 0.3) is 0 Å². The number of hydrogen-bond acceptors (Lipinski definition) is 5. The lowest BCUT2D eigenvalue weighted by Crippen LogP contribution is -2.21. The minimum Gasteiger partial charge on any atom is -0.341 e. The minimum atomic E-state index is -2.75. The Hall–Kier alpha value is -2.25. The van der Waals surface area contributed by atoms with Crippen molar-refractivity contribution in [2.75, 3.05) is 23.3 Å². The second-order valence-electron chi connectivity index (χ2n) is 8.02. The summed E-state index contributed by atoms with van der Waals surface area (Å²) in [5.41, 5.74) is 2.10. The Morgan fingerprint density at radius 1 is 1.07 bits per heavy atom. The molecule has 1 aliphatic heterocycles. The first-order chi connectivity index (χ1) is 13.1. The zero-order valence-corrected chi connectivity index (χ0v) is 15.3. The molecule has 27 heavy (non-hydrogen) atoms. The molecule has 1 saturated carbocycles. The number of nitrogens with one attached hydrogen (secondary N) is 2. The second kappa shape index (κ2) is 6.42. The molecule has 0 spiro atoms. The van der Waals surface area contributed by atoms with Crippen molar-refractivity contribution >= 4 is 17.6 Å². The van der Waals surface area contributed by atoms with Gasteiger partial charge in [0, 0.05) is 42.8 Å². The molecule has 2 fully saturated rings. The van der Waals surface area contributed by atoms with Gasteiger partial charge in [-0.2, -0.15) is 10.1 Å². The van der Waals surface area contributed by atoms with E-state index in [1.165, 1.54) is 25.7 Å². The van der Waals surface area contributed by atoms with Gasteiger partial charge in [0.05, 0.1) is 12.1 Å². The summed E-state index contributed by atoms with van der Waals surface area (Å²) in [5.74, 6) is -0.562. The van der Waals surface area contributed by atoms with Crippen LogP contribution in [0.1, 0.15) is 61.4 Å². The summed E-state index contributed by atoms with van der Waals surface area (Å²) in [4.78, 5) is 11.2. The summed E-state index contributed by atoms with van der Waals surface area (Å²) in [6, 6.07) is 1.99. The van der Waals surface area contributed by atoms with Crippen LogP contribution >= 0.6 is 0 Å². The summed E-state index contributed by atoms with van der Waals surface area (Å²) >= 11 is 0. The number of aromatic amines is 1. The van der Waals surface area contributed by atoms with Crippen LogP contribution in [-0.2, 0) is 12.8 Å². The quantitative estimate of drug-likeness (QED) is 0.848. The van der Waals surface area contributed by atoms with Gasteiger partial charge in [0.2, 0.25) is 5.95 Å². The Morgan fingerprint density at radius 3 is 2.63 bits per heavy atom. The van der Waals surface area contributed by atoms with Crippen LogP contribution in [0.2, 0.25) is 0 Å². The van der Waals surface area contributed by atoms with Crippen molar-refractivity contribution in [3.63, 3.8) is 0 Å². The van der Waals surface area contributed by atoms with E-state index in [9.17, 15) is 8.78 Å². The highest BCUT2D eigenvalue weighted by Gasteiger charge is 2.41. The highest BCUT2D eigenvalue weighted by Crippen LogP contribution is 2.39. The molecule has 0 radical (unpaired) electrons. The number of nitrogens with zero attached hydrogens (tertiary/aromatic N) is 4. The highest BCUT2D eigenvalue weighted by molar-refractivity contribution is 5.61. The molecular formula is C19H24F2N6. The predicted molar refractivity (Wildman–Crippen MR) is 98.9 cm³/mol. The first-order valence-electron chi connectivity index (χ1n) is 9.92. The third kappa shape index (κ3) is 3.26. The van der Waals surface area contributed by atoms with E-state index < -0.39 is 5.92 Å². The molecule has 0 unspecified atom stereocenters. The monoisotopic (exact) mass is 374 g/mol. The van der Waals surface area contributed by atoms with Gasteiger partial charge in [0.15, 0.2) is 5.82 Å². The van der Waals surface area contributed by atoms with Gasteiger partial charge in [0.25, 0.3) is 5.92 Å². The van der Waals surface area contributed by atoms with Gasteiger partial charge in [-0.15, -0.1) is 0 Å². The van der Waals surface area contributed by atoms with Crippen LogP contribution in [0, 0.1) is 0 Å². The molecule has 144 valence electrons. The molecule has 2 N–H and O–H groups in total. The number of anilines is 3. The number of hydrogen-bond donors (Lipinski definition) is 2. The van der Waals surface area contributed by atoms with E-state index in [0.717, 1.165) is 31.6 Å². The Bertz CT molecular complexity index is 837. The zero-order chi connectivity index (χ0) is 18.4. The van der Waals surface area contributed by atoms with Crippen LogP contribution in [-0.4, -0.2) is 39.2 Å². The average Bonchev–Trinajstić information content (AvgIpc) is 3.41. The molecule has 3 heterocycles. The molecule has 0 aromatic carbocycles. The van der Waals surface area contributed by atoms with Crippen LogP contribution in [0.15, 0.2) is 6.07 Å². The van der Waals surface area contributed by atoms with Crippen LogP contribution < -0.4 is 10.2 Å².